The average Bonchev–Trinajstić information content (AvgIpc) is 2.89. The van der Waals surface area contributed by atoms with Gasteiger partial charge in [0.1, 0.15) is 23.0 Å². The molecule has 0 amide bonds. The van der Waals surface area contributed by atoms with E-state index in [9.17, 15) is 9.59 Å². The minimum Gasteiger partial charge on any atom is -0.508 e. The first-order valence-corrected chi connectivity index (χ1v) is 10.4. The van der Waals surface area contributed by atoms with Gasteiger partial charge in [-0.2, -0.15) is 0 Å². The minimum absolute atomic E-state index is 0.0136. The van der Waals surface area contributed by atoms with Crippen LogP contribution in [0.15, 0.2) is 97.1 Å². The van der Waals surface area contributed by atoms with E-state index in [4.69, 9.17) is 19.7 Å². The normalized spacial score (nSPS) is 9.94. The standard InChI is InChI=1S/C15H14O3.C13H10O3/c1-17-13-7-3-11(4-8-13)15(16)12-5-9-14(18-2)10-6-12;14-11-5-1-9(2-6-11)13(16)10-3-7-12(15)8-4-10/h3-10H,1-2H3;1-8,14-15H. The van der Waals surface area contributed by atoms with Crippen molar-refractivity contribution in [3.8, 4) is 23.0 Å². The summed E-state index contributed by atoms with van der Waals surface area (Å²) in [5, 5.41) is 18.2. The van der Waals surface area contributed by atoms with Gasteiger partial charge in [0.2, 0.25) is 0 Å². The lowest BCUT2D eigenvalue weighted by Crippen LogP contribution is -2.01. The topological polar surface area (TPSA) is 93.1 Å². The van der Waals surface area contributed by atoms with Crippen molar-refractivity contribution in [2.75, 3.05) is 14.2 Å². The van der Waals surface area contributed by atoms with Crippen LogP contribution in [0, 0.1) is 0 Å². The molecule has 0 aliphatic carbocycles. The van der Waals surface area contributed by atoms with E-state index in [0.29, 0.717) is 22.3 Å². The van der Waals surface area contributed by atoms with Crippen molar-refractivity contribution >= 4 is 11.6 Å². The van der Waals surface area contributed by atoms with E-state index < -0.39 is 0 Å². The molecule has 4 aromatic rings. The van der Waals surface area contributed by atoms with E-state index in [1.165, 1.54) is 24.3 Å². The maximum atomic E-state index is 12.2. The number of phenols is 2. The van der Waals surface area contributed by atoms with Crippen molar-refractivity contribution in [1.82, 2.24) is 0 Å². The lowest BCUT2D eigenvalue weighted by molar-refractivity contribution is 0.103. The summed E-state index contributed by atoms with van der Waals surface area (Å²) >= 11 is 0. The van der Waals surface area contributed by atoms with Crippen LogP contribution in [0.1, 0.15) is 31.8 Å². The second-order valence-electron chi connectivity index (χ2n) is 7.21. The molecule has 4 rings (SSSR count). The number of hydrogen-bond acceptors (Lipinski definition) is 6. The molecule has 34 heavy (non-hydrogen) atoms. The van der Waals surface area contributed by atoms with E-state index in [-0.39, 0.29) is 23.1 Å². The number of rotatable bonds is 6. The SMILES string of the molecule is COc1ccc(C(=O)c2ccc(OC)cc2)cc1.O=C(c1ccc(O)cc1)c1ccc(O)cc1. The van der Waals surface area contributed by atoms with Gasteiger partial charge in [-0.1, -0.05) is 0 Å². The highest BCUT2D eigenvalue weighted by atomic mass is 16.5. The fourth-order valence-electron chi connectivity index (χ4n) is 3.04. The molecule has 0 spiro atoms. The Hall–Kier alpha value is -4.58. The fourth-order valence-corrected chi connectivity index (χ4v) is 3.04. The molecule has 172 valence electrons. The van der Waals surface area contributed by atoms with Crippen LogP contribution in [0.25, 0.3) is 0 Å². The van der Waals surface area contributed by atoms with Gasteiger partial charge in [0.15, 0.2) is 11.6 Å². The number of aromatic hydroxyl groups is 2. The van der Waals surface area contributed by atoms with Gasteiger partial charge in [-0.25, -0.2) is 0 Å². The van der Waals surface area contributed by atoms with E-state index >= 15 is 0 Å². The Morgan fingerprint density at radius 1 is 0.471 bits per heavy atom. The van der Waals surface area contributed by atoms with Crippen molar-refractivity contribution in [1.29, 1.82) is 0 Å². The number of methoxy groups -OCH3 is 2. The van der Waals surface area contributed by atoms with Crippen LogP contribution >= 0.6 is 0 Å². The first-order chi connectivity index (χ1) is 16.4. The number of carbonyl (C=O) groups excluding carboxylic acids is 2. The second kappa shape index (κ2) is 11.3. The Labute approximate surface area is 197 Å². The van der Waals surface area contributed by atoms with Crippen molar-refractivity contribution in [2.45, 2.75) is 0 Å². The molecule has 0 aromatic heterocycles. The predicted molar refractivity (Wildman–Crippen MR) is 129 cm³/mol. The third kappa shape index (κ3) is 6.23. The van der Waals surface area contributed by atoms with Crippen molar-refractivity contribution < 1.29 is 29.3 Å². The average molecular weight is 456 g/mol. The maximum absolute atomic E-state index is 12.2. The highest BCUT2D eigenvalue weighted by molar-refractivity contribution is 6.09. The maximum Gasteiger partial charge on any atom is 0.193 e. The molecule has 4 aromatic carbocycles. The van der Waals surface area contributed by atoms with Crippen molar-refractivity contribution in [3.63, 3.8) is 0 Å². The quantitative estimate of drug-likeness (QED) is 0.384. The van der Waals surface area contributed by atoms with Crippen LogP contribution in [-0.4, -0.2) is 36.0 Å². The number of phenolic OH excluding ortho intramolecular Hbond substituents is 2. The molecule has 0 unspecified atom stereocenters. The molecule has 0 aliphatic heterocycles. The van der Waals surface area contributed by atoms with Crippen LogP contribution in [0.2, 0.25) is 0 Å². The minimum atomic E-state index is -0.139. The van der Waals surface area contributed by atoms with E-state index in [1.807, 2.05) is 0 Å². The lowest BCUT2D eigenvalue weighted by atomic mass is 10.0. The molecule has 0 heterocycles. The van der Waals surface area contributed by atoms with Gasteiger partial charge in [-0.3, -0.25) is 9.59 Å². The number of hydrogen-bond donors (Lipinski definition) is 2. The van der Waals surface area contributed by atoms with Crippen LogP contribution in [0.3, 0.4) is 0 Å². The van der Waals surface area contributed by atoms with Crippen LogP contribution in [-0.2, 0) is 0 Å². The highest BCUT2D eigenvalue weighted by Gasteiger charge is 2.09. The van der Waals surface area contributed by atoms with Crippen molar-refractivity contribution in [3.05, 3.63) is 119 Å². The van der Waals surface area contributed by atoms with Gasteiger partial charge < -0.3 is 19.7 Å². The Morgan fingerprint density at radius 3 is 0.941 bits per heavy atom. The molecule has 0 aliphatic rings. The molecule has 6 nitrogen and oxygen atoms in total. The molecule has 0 bridgehead atoms. The first kappa shape index (κ1) is 24.1. The van der Waals surface area contributed by atoms with Gasteiger partial charge in [0.05, 0.1) is 14.2 Å². The number of benzene rings is 4. The number of ketones is 2. The zero-order chi connectivity index (χ0) is 24.5. The van der Waals surface area contributed by atoms with Gasteiger partial charge in [-0.05, 0) is 97.1 Å². The molecule has 0 fully saturated rings. The Kier molecular flexibility index (Phi) is 8.02. The largest absolute Gasteiger partial charge is 0.508 e. The fraction of sp³-hybridized carbons (Fsp3) is 0.0714. The predicted octanol–water partition coefficient (Wildman–Crippen LogP) is 5.26. The summed E-state index contributed by atoms with van der Waals surface area (Å²) in [6.07, 6.45) is 0. The third-order valence-electron chi connectivity index (χ3n) is 4.96. The van der Waals surface area contributed by atoms with E-state index in [0.717, 1.165) is 11.5 Å². The summed E-state index contributed by atoms with van der Waals surface area (Å²) in [4.78, 5) is 24.1. The zero-order valence-electron chi connectivity index (χ0n) is 18.8. The first-order valence-electron chi connectivity index (χ1n) is 10.4. The highest BCUT2D eigenvalue weighted by Crippen LogP contribution is 2.18. The van der Waals surface area contributed by atoms with Crippen LogP contribution in [0.4, 0.5) is 0 Å². The zero-order valence-corrected chi connectivity index (χ0v) is 18.8. The second-order valence-corrected chi connectivity index (χ2v) is 7.21. The summed E-state index contributed by atoms with van der Waals surface area (Å²) in [5.41, 5.74) is 2.29. The third-order valence-corrected chi connectivity index (χ3v) is 4.96. The monoisotopic (exact) mass is 456 g/mol. The van der Waals surface area contributed by atoms with Crippen molar-refractivity contribution in [2.24, 2.45) is 0 Å². The summed E-state index contributed by atoms with van der Waals surface area (Å²) in [6, 6.07) is 26.2. The van der Waals surface area contributed by atoms with Gasteiger partial charge >= 0.3 is 0 Å². The summed E-state index contributed by atoms with van der Waals surface area (Å²) < 4.78 is 10.1. The van der Waals surface area contributed by atoms with E-state index in [1.54, 1.807) is 87.0 Å². The molecule has 0 saturated heterocycles. The summed E-state index contributed by atoms with van der Waals surface area (Å²) in [5.74, 6) is 1.58. The smallest absolute Gasteiger partial charge is 0.193 e. The number of carbonyl (C=O) groups is 2. The molecular formula is C28H24O6. The molecule has 0 atom stereocenters. The van der Waals surface area contributed by atoms with E-state index in [2.05, 4.69) is 0 Å². The molecule has 0 radical (unpaired) electrons. The Bertz CT molecular complexity index is 1130. The number of ether oxygens (including phenoxy) is 2. The molecular weight excluding hydrogens is 432 g/mol. The lowest BCUT2D eigenvalue weighted by Gasteiger charge is -2.04. The van der Waals surface area contributed by atoms with Gasteiger partial charge in [0, 0.05) is 22.3 Å². The Morgan fingerprint density at radius 2 is 0.706 bits per heavy atom. The van der Waals surface area contributed by atoms with Crippen LogP contribution in [0.5, 0.6) is 23.0 Å². The summed E-state index contributed by atoms with van der Waals surface area (Å²) in [6.45, 7) is 0. The van der Waals surface area contributed by atoms with Crippen LogP contribution < -0.4 is 9.47 Å². The Balaban J connectivity index is 0.000000192. The molecule has 2 N–H and O–H groups in total. The summed E-state index contributed by atoms with van der Waals surface area (Å²) in [7, 11) is 3.20. The molecule has 6 heteroatoms. The molecule has 0 saturated carbocycles. The van der Waals surface area contributed by atoms with Gasteiger partial charge in [-0.15, -0.1) is 0 Å². The van der Waals surface area contributed by atoms with Gasteiger partial charge in [0.25, 0.3) is 0 Å².